The van der Waals surface area contributed by atoms with Gasteiger partial charge in [0.15, 0.2) is 0 Å². The van der Waals surface area contributed by atoms with E-state index in [4.69, 9.17) is 4.74 Å². The fourth-order valence-electron chi connectivity index (χ4n) is 0.983. The van der Waals surface area contributed by atoms with Crippen molar-refractivity contribution in [3.8, 4) is 0 Å². The first-order valence-corrected chi connectivity index (χ1v) is 7.01. The van der Waals surface area contributed by atoms with Gasteiger partial charge in [0.1, 0.15) is 0 Å². The van der Waals surface area contributed by atoms with Crippen molar-refractivity contribution < 1.29 is 14.1 Å². The number of nitrogens with one attached hydrogen (secondary N) is 1. The van der Waals surface area contributed by atoms with Crippen LogP contribution in [0.1, 0.15) is 13.8 Å². The van der Waals surface area contributed by atoms with E-state index in [1.54, 1.807) is 6.26 Å². The fourth-order valence-corrected chi connectivity index (χ4v) is 1.42. The van der Waals surface area contributed by atoms with Gasteiger partial charge in [0.2, 0.25) is 0 Å². The minimum Gasteiger partial charge on any atom is -0.389 e. The normalized spacial score (nSPS) is 15.5. The molecule has 2 N–H and O–H groups in total. The van der Waals surface area contributed by atoms with E-state index in [-0.39, 0.29) is 0 Å². The van der Waals surface area contributed by atoms with Gasteiger partial charge in [0, 0.05) is 42.5 Å². The minimum atomic E-state index is -0.767. The number of hydrogen-bond donors (Lipinski definition) is 2. The van der Waals surface area contributed by atoms with Crippen LogP contribution in [0.2, 0.25) is 0 Å². The summed E-state index contributed by atoms with van der Waals surface area (Å²) in [5, 5.41) is 12.5. The lowest BCUT2D eigenvalue weighted by atomic mass is 10.2. The molecule has 0 aromatic heterocycles. The highest BCUT2D eigenvalue weighted by Gasteiger charge is 2.04. The van der Waals surface area contributed by atoms with Crippen LogP contribution in [0.15, 0.2) is 0 Å². The van der Waals surface area contributed by atoms with Crippen LogP contribution in [0.5, 0.6) is 0 Å². The molecule has 0 aliphatic heterocycles. The topological polar surface area (TPSA) is 58.6 Å². The van der Waals surface area contributed by atoms with E-state index >= 15 is 0 Å². The summed E-state index contributed by atoms with van der Waals surface area (Å²) in [5.41, 5.74) is 0. The number of aliphatic hydroxyl groups excluding tert-OH is 1. The van der Waals surface area contributed by atoms with Gasteiger partial charge in [-0.25, -0.2) is 0 Å². The van der Waals surface area contributed by atoms with Gasteiger partial charge >= 0.3 is 0 Å². The molecule has 0 aromatic carbocycles. The van der Waals surface area contributed by atoms with Crippen LogP contribution in [0.3, 0.4) is 0 Å². The first kappa shape index (κ1) is 15.0. The predicted molar refractivity (Wildman–Crippen MR) is 63.5 cm³/mol. The van der Waals surface area contributed by atoms with Crippen LogP contribution in [-0.2, 0) is 15.5 Å². The monoisotopic (exact) mass is 237 g/mol. The Labute approximate surface area is 94.9 Å². The van der Waals surface area contributed by atoms with Crippen molar-refractivity contribution in [3.63, 3.8) is 0 Å². The number of ether oxygens (including phenoxy) is 1. The molecular weight excluding hydrogens is 214 g/mol. The van der Waals surface area contributed by atoms with E-state index < -0.39 is 16.9 Å². The van der Waals surface area contributed by atoms with Crippen LogP contribution < -0.4 is 5.32 Å². The van der Waals surface area contributed by atoms with E-state index in [0.29, 0.717) is 38.0 Å². The zero-order valence-corrected chi connectivity index (χ0v) is 10.7. The minimum absolute atomic E-state index is 0.362. The Morgan fingerprint density at radius 1 is 1.40 bits per heavy atom. The molecule has 5 heteroatoms. The third-order valence-corrected chi connectivity index (χ3v) is 2.49. The molecule has 0 spiro atoms. The highest BCUT2D eigenvalue weighted by molar-refractivity contribution is 7.84. The quantitative estimate of drug-likeness (QED) is 0.554. The standard InChI is InChI=1S/C10H23NO3S/c1-9(2)7-14-8-10(12)6-11-4-5-15(3)13/h9-12H,4-8H2,1-3H3. The Balaban J connectivity index is 3.25. The molecular formula is C10H23NO3S. The number of hydrogen-bond acceptors (Lipinski definition) is 4. The predicted octanol–water partition coefficient (Wildman–Crippen LogP) is -0.0120. The molecule has 2 atom stereocenters. The van der Waals surface area contributed by atoms with E-state index in [0.717, 1.165) is 0 Å². The Morgan fingerprint density at radius 3 is 2.60 bits per heavy atom. The van der Waals surface area contributed by atoms with Gasteiger partial charge in [-0.15, -0.1) is 0 Å². The van der Waals surface area contributed by atoms with Crippen LogP contribution >= 0.6 is 0 Å². The zero-order valence-electron chi connectivity index (χ0n) is 9.86. The van der Waals surface area contributed by atoms with Gasteiger partial charge in [-0.3, -0.25) is 4.21 Å². The second-order valence-corrected chi connectivity index (χ2v) is 5.62. The van der Waals surface area contributed by atoms with Gasteiger partial charge in [0.05, 0.1) is 12.7 Å². The molecule has 2 unspecified atom stereocenters. The zero-order chi connectivity index (χ0) is 11.7. The summed E-state index contributed by atoms with van der Waals surface area (Å²) in [7, 11) is -0.767. The summed E-state index contributed by atoms with van der Waals surface area (Å²) in [6.07, 6.45) is 1.19. The molecule has 0 fully saturated rings. The van der Waals surface area contributed by atoms with Crippen molar-refractivity contribution in [2.24, 2.45) is 5.92 Å². The third-order valence-electron chi connectivity index (χ3n) is 1.71. The summed E-state index contributed by atoms with van der Waals surface area (Å²) >= 11 is 0. The van der Waals surface area contributed by atoms with Gasteiger partial charge in [-0.05, 0) is 5.92 Å². The molecule has 0 amide bonds. The average Bonchev–Trinajstić information content (AvgIpc) is 2.11. The highest BCUT2D eigenvalue weighted by atomic mass is 32.2. The van der Waals surface area contributed by atoms with Crippen molar-refractivity contribution >= 4 is 10.8 Å². The lowest BCUT2D eigenvalue weighted by Crippen LogP contribution is -2.32. The first-order chi connectivity index (χ1) is 7.02. The second-order valence-electron chi connectivity index (χ2n) is 4.07. The molecule has 0 saturated heterocycles. The van der Waals surface area contributed by atoms with Crippen molar-refractivity contribution in [1.29, 1.82) is 0 Å². The van der Waals surface area contributed by atoms with Crippen LogP contribution in [0.4, 0.5) is 0 Å². The molecule has 92 valence electrons. The Bertz CT molecular complexity index is 176. The summed E-state index contributed by atoms with van der Waals surface area (Å²) in [5.74, 6) is 1.12. The van der Waals surface area contributed by atoms with Gasteiger partial charge < -0.3 is 15.2 Å². The number of rotatable bonds is 9. The lowest BCUT2D eigenvalue weighted by molar-refractivity contribution is 0.0264. The molecule has 0 aliphatic carbocycles. The van der Waals surface area contributed by atoms with Crippen molar-refractivity contribution in [2.75, 3.05) is 38.3 Å². The summed E-state index contributed by atoms with van der Waals surface area (Å²) in [6, 6.07) is 0. The Hall–Kier alpha value is 0.0300. The molecule has 0 heterocycles. The smallest absolute Gasteiger partial charge is 0.0897 e. The maximum absolute atomic E-state index is 10.7. The van der Waals surface area contributed by atoms with Gasteiger partial charge in [0.25, 0.3) is 0 Å². The first-order valence-electron chi connectivity index (χ1n) is 5.29. The summed E-state index contributed by atoms with van der Waals surface area (Å²) in [4.78, 5) is 0. The van der Waals surface area contributed by atoms with E-state index in [1.807, 2.05) is 0 Å². The molecule has 0 rings (SSSR count). The molecule has 0 radical (unpaired) electrons. The largest absolute Gasteiger partial charge is 0.389 e. The van der Waals surface area contributed by atoms with Gasteiger partial charge in [-0.1, -0.05) is 13.8 Å². The Morgan fingerprint density at radius 2 is 2.07 bits per heavy atom. The maximum Gasteiger partial charge on any atom is 0.0897 e. The molecule has 0 bridgehead atoms. The second kappa shape index (κ2) is 9.27. The SMILES string of the molecule is CC(C)COCC(O)CNCCS(C)=O. The fraction of sp³-hybridized carbons (Fsp3) is 1.00. The van der Waals surface area contributed by atoms with Crippen LogP contribution in [0, 0.1) is 5.92 Å². The molecule has 0 aliphatic rings. The molecule has 0 saturated carbocycles. The molecule has 0 aromatic rings. The maximum atomic E-state index is 10.7. The van der Waals surface area contributed by atoms with Crippen molar-refractivity contribution in [2.45, 2.75) is 20.0 Å². The summed E-state index contributed by atoms with van der Waals surface area (Å²) in [6.45, 7) is 6.35. The third kappa shape index (κ3) is 12.0. The van der Waals surface area contributed by atoms with Crippen LogP contribution in [0.25, 0.3) is 0 Å². The van der Waals surface area contributed by atoms with E-state index in [1.165, 1.54) is 0 Å². The van der Waals surface area contributed by atoms with E-state index in [2.05, 4.69) is 19.2 Å². The average molecular weight is 237 g/mol. The lowest BCUT2D eigenvalue weighted by Gasteiger charge is -2.13. The van der Waals surface area contributed by atoms with E-state index in [9.17, 15) is 9.32 Å². The highest BCUT2D eigenvalue weighted by Crippen LogP contribution is 1.93. The van der Waals surface area contributed by atoms with Crippen molar-refractivity contribution in [3.05, 3.63) is 0 Å². The number of aliphatic hydroxyl groups is 1. The van der Waals surface area contributed by atoms with Crippen LogP contribution in [-0.4, -0.2) is 53.7 Å². The van der Waals surface area contributed by atoms with Gasteiger partial charge in [-0.2, -0.15) is 0 Å². The Kier molecular flexibility index (Phi) is 9.29. The summed E-state index contributed by atoms with van der Waals surface area (Å²) < 4.78 is 16.0. The molecule has 15 heavy (non-hydrogen) atoms. The molecule has 4 nitrogen and oxygen atoms in total. The van der Waals surface area contributed by atoms with Crippen molar-refractivity contribution in [1.82, 2.24) is 5.32 Å².